The molecule has 0 bridgehead atoms. The molecule has 0 saturated carbocycles. The molecular weight excluding hydrogens is 366 g/mol. The number of hydrogen-bond acceptors (Lipinski definition) is 5. The highest BCUT2D eigenvalue weighted by Gasteiger charge is 2.28. The predicted octanol–water partition coefficient (Wildman–Crippen LogP) is 2.89. The molecule has 8 heteroatoms. The van der Waals surface area contributed by atoms with Crippen LogP contribution >= 0.6 is 11.6 Å². The summed E-state index contributed by atoms with van der Waals surface area (Å²) in [6, 6.07) is 5.32. The van der Waals surface area contributed by atoms with Gasteiger partial charge < -0.3 is 15.5 Å². The lowest BCUT2D eigenvalue weighted by atomic mass is 10.1. The molecule has 1 aromatic carbocycles. The van der Waals surface area contributed by atoms with E-state index in [9.17, 15) is 9.59 Å². The number of amides is 2. The SMILES string of the molecule is C=CC(=O)Nc1ccc(C(=O)N2CC[C@@H](Nc3ncc(Cl)cn3)C2)c(C)c1. The fraction of sp³-hybridized carbons (Fsp3) is 0.263. The Morgan fingerprint density at radius 3 is 2.74 bits per heavy atom. The van der Waals surface area contributed by atoms with Crippen molar-refractivity contribution in [1.82, 2.24) is 14.9 Å². The Labute approximate surface area is 162 Å². The third kappa shape index (κ3) is 4.62. The van der Waals surface area contributed by atoms with E-state index < -0.39 is 0 Å². The van der Waals surface area contributed by atoms with E-state index in [0.717, 1.165) is 12.0 Å². The molecule has 0 radical (unpaired) electrons. The molecule has 1 saturated heterocycles. The lowest BCUT2D eigenvalue weighted by Crippen LogP contribution is -2.32. The minimum absolute atomic E-state index is 0.0320. The van der Waals surface area contributed by atoms with Crippen LogP contribution < -0.4 is 10.6 Å². The summed E-state index contributed by atoms with van der Waals surface area (Å²) in [5.74, 6) is 0.180. The average Bonchev–Trinajstić information content (AvgIpc) is 3.11. The van der Waals surface area contributed by atoms with Gasteiger partial charge in [0.2, 0.25) is 11.9 Å². The summed E-state index contributed by atoms with van der Waals surface area (Å²) in [5.41, 5.74) is 2.06. The van der Waals surface area contributed by atoms with Crippen molar-refractivity contribution in [1.29, 1.82) is 0 Å². The summed E-state index contributed by atoms with van der Waals surface area (Å²) in [6.45, 7) is 6.50. The zero-order chi connectivity index (χ0) is 19.4. The van der Waals surface area contributed by atoms with Crippen LogP contribution in [0.4, 0.5) is 11.6 Å². The largest absolute Gasteiger partial charge is 0.350 e. The number of nitrogens with one attached hydrogen (secondary N) is 2. The van der Waals surface area contributed by atoms with Crippen molar-refractivity contribution < 1.29 is 9.59 Å². The number of aryl methyl sites for hydroxylation is 1. The summed E-state index contributed by atoms with van der Waals surface area (Å²) in [7, 11) is 0. The summed E-state index contributed by atoms with van der Waals surface area (Å²) >= 11 is 5.79. The molecule has 1 aliphatic rings. The molecule has 2 aromatic rings. The van der Waals surface area contributed by atoms with Gasteiger partial charge in [0.15, 0.2) is 0 Å². The molecule has 1 atom stereocenters. The van der Waals surface area contributed by atoms with E-state index in [1.165, 1.54) is 18.5 Å². The van der Waals surface area contributed by atoms with Gasteiger partial charge in [-0.2, -0.15) is 0 Å². The van der Waals surface area contributed by atoms with Crippen molar-refractivity contribution in [3.05, 3.63) is 59.4 Å². The van der Waals surface area contributed by atoms with E-state index in [2.05, 4.69) is 27.2 Å². The molecule has 1 aliphatic heterocycles. The number of carbonyl (C=O) groups is 2. The van der Waals surface area contributed by atoms with E-state index in [4.69, 9.17) is 11.6 Å². The van der Waals surface area contributed by atoms with Crippen LogP contribution in [0.3, 0.4) is 0 Å². The van der Waals surface area contributed by atoms with E-state index in [0.29, 0.717) is 35.3 Å². The number of benzene rings is 1. The highest BCUT2D eigenvalue weighted by Crippen LogP contribution is 2.21. The molecule has 2 amide bonds. The van der Waals surface area contributed by atoms with Crippen molar-refractivity contribution >= 4 is 35.1 Å². The van der Waals surface area contributed by atoms with Crippen molar-refractivity contribution in [3.8, 4) is 0 Å². The monoisotopic (exact) mass is 385 g/mol. The third-order valence-electron chi connectivity index (χ3n) is 4.34. The Balaban J connectivity index is 1.63. The van der Waals surface area contributed by atoms with Crippen molar-refractivity contribution in [2.24, 2.45) is 0 Å². The van der Waals surface area contributed by atoms with Gasteiger partial charge in [-0.15, -0.1) is 0 Å². The number of hydrogen-bond donors (Lipinski definition) is 2. The van der Waals surface area contributed by atoms with Gasteiger partial charge in [0, 0.05) is 30.4 Å². The van der Waals surface area contributed by atoms with Gasteiger partial charge in [0.25, 0.3) is 5.91 Å². The Hall–Kier alpha value is -2.93. The highest BCUT2D eigenvalue weighted by molar-refractivity contribution is 6.30. The van der Waals surface area contributed by atoms with Gasteiger partial charge >= 0.3 is 0 Å². The number of aromatic nitrogens is 2. The second kappa shape index (κ2) is 8.18. The predicted molar refractivity (Wildman–Crippen MR) is 105 cm³/mol. The average molecular weight is 386 g/mol. The maximum atomic E-state index is 12.8. The first-order valence-corrected chi connectivity index (χ1v) is 8.91. The van der Waals surface area contributed by atoms with Gasteiger partial charge in [-0.1, -0.05) is 18.2 Å². The normalized spacial score (nSPS) is 16.1. The number of carbonyl (C=O) groups excluding carboxylic acids is 2. The summed E-state index contributed by atoms with van der Waals surface area (Å²) < 4.78 is 0. The van der Waals surface area contributed by atoms with Crippen molar-refractivity contribution in [2.75, 3.05) is 23.7 Å². The highest BCUT2D eigenvalue weighted by atomic mass is 35.5. The van der Waals surface area contributed by atoms with Crippen LogP contribution in [-0.4, -0.2) is 45.8 Å². The van der Waals surface area contributed by atoms with Crippen LogP contribution in [-0.2, 0) is 4.79 Å². The number of nitrogens with zero attached hydrogens (tertiary/aromatic N) is 3. The minimum Gasteiger partial charge on any atom is -0.350 e. The van der Waals surface area contributed by atoms with Crippen LogP contribution in [0.15, 0.2) is 43.2 Å². The Morgan fingerprint density at radius 1 is 1.33 bits per heavy atom. The minimum atomic E-state index is -0.286. The van der Waals surface area contributed by atoms with Gasteiger partial charge in [-0.05, 0) is 43.2 Å². The summed E-state index contributed by atoms with van der Waals surface area (Å²) in [6.07, 6.45) is 5.08. The number of anilines is 2. The van der Waals surface area contributed by atoms with E-state index in [1.807, 2.05) is 6.92 Å². The Bertz CT molecular complexity index is 869. The molecule has 1 fully saturated rings. The molecule has 0 aliphatic carbocycles. The van der Waals surface area contributed by atoms with Gasteiger partial charge in [-0.3, -0.25) is 9.59 Å². The molecule has 27 heavy (non-hydrogen) atoms. The fourth-order valence-electron chi connectivity index (χ4n) is 2.98. The van der Waals surface area contributed by atoms with Crippen molar-refractivity contribution in [2.45, 2.75) is 19.4 Å². The number of halogens is 1. The van der Waals surface area contributed by atoms with Crippen LogP contribution in [0.1, 0.15) is 22.3 Å². The van der Waals surface area contributed by atoms with Crippen LogP contribution in [0, 0.1) is 6.92 Å². The van der Waals surface area contributed by atoms with Gasteiger partial charge in [-0.25, -0.2) is 9.97 Å². The molecule has 2 N–H and O–H groups in total. The van der Waals surface area contributed by atoms with E-state index in [1.54, 1.807) is 23.1 Å². The fourth-order valence-corrected chi connectivity index (χ4v) is 3.07. The smallest absolute Gasteiger partial charge is 0.254 e. The maximum absolute atomic E-state index is 12.8. The van der Waals surface area contributed by atoms with E-state index in [-0.39, 0.29) is 17.9 Å². The molecule has 0 unspecified atom stereocenters. The standard InChI is InChI=1S/C19H20ClN5O2/c1-3-17(26)23-14-4-5-16(12(2)8-14)18(27)25-7-6-15(11-25)24-19-21-9-13(20)10-22-19/h3-5,8-10,15H,1,6-7,11H2,2H3,(H,23,26)(H,21,22,24)/t15-/m1/s1. The molecule has 7 nitrogen and oxygen atoms in total. The molecule has 2 heterocycles. The molecular formula is C19H20ClN5O2. The second-order valence-corrected chi connectivity index (χ2v) is 6.77. The summed E-state index contributed by atoms with van der Waals surface area (Å²) in [5, 5.41) is 6.39. The zero-order valence-electron chi connectivity index (χ0n) is 14.9. The molecule has 1 aromatic heterocycles. The Morgan fingerprint density at radius 2 is 2.07 bits per heavy atom. The first-order valence-electron chi connectivity index (χ1n) is 8.53. The number of likely N-dealkylation sites (tertiary alicyclic amines) is 1. The Kier molecular flexibility index (Phi) is 5.71. The first-order chi connectivity index (χ1) is 13.0. The van der Waals surface area contributed by atoms with Crippen molar-refractivity contribution in [3.63, 3.8) is 0 Å². The quantitative estimate of drug-likeness (QED) is 0.773. The summed E-state index contributed by atoms with van der Waals surface area (Å²) in [4.78, 5) is 34.3. The van der Waals surface area contributed by atoms with Crippen LogP contribution in [0.25, 0.3) is 0 Å². The third-order valence-corrected chi connectivity index (χ3v) is 4.53. The lowest BCUT2D eigenvalue weighted by Gasteiger charge is -2.18. The maximum Gasteiger partial charge on any atom is 0.254 e. The zero-order valence-corrected chi connectivity index (χ0v) is 15.7. The van der Waals surface area contributed by atoms with Gasteiger partial charge in [0.05, 0.1) is 17.4 Å². The van der Waals surface area contributed by atoms with Crippen LogP contribution in [0.5, 0.6) is 0 Å². The molecule has 3 rings (SSSR count). The van der Waals surface area contributed by atoms with Gasteiger partial charge in [0.1, 0.15) is 0 Å². The lowest BCUT2D eigenvalue weighted by molar-refractivity contribution is -0.111. The number of rotatable bonds is 5. The van der Waals surface area contributed by atoms with Crippen LogP contribution in [0.2, 0.25) is 5.02 Å². The molecule has 0 spiro atoms. The second-order valence-electron chi connectivity index (χ2n) is 6.33. The topological polar surface area (TPSA) is 87.2 Å². The first kappa shape index (κ1) is 18.8. The van der Waals surface area contributed by atoms with E-state index >= 15 is 0 Å². The molecule has 140 valence electrons.